The topological polar surface area (TPSA) is 39.2 Å². The second-order valence-electron chi connectivity index (χ2n) is 2.87. The van der Waals surface area contributed by atoms with E-state index in [0.717, 1.165) is 16.7 Å². The molecule has 1 aromatic heterocycles. The molecule has 2 N–H and O–H groups in total. The van der Waals surface area contributed by atoms with Gasteiger partial charge in [0.05, 0.1) is 12.5 Å². The summed E-state index contributed by atoms with van der Waals surface area (Å²) >= 11 is 0. The second kappa shape index (κ2) is 3.46. The Morgan fingerprint density at radius 2 is 2.00 bits per heavy atom. The van der Waals surface area contributed by atoms with Crippen LogP contribution in [0, 0.1) is 0 Å². The highest BCUT2D eigenvalue weighted by atomic mass is 16.3. The summed E-state index contributed by atoms with van der Waals surface area (Å²) in [4.78, 5) is 0. The highest BCUT2D eigenvalue weighted by molar-refractivity contribution is 5.65. The molecule has 0 atom stereocenters. The van der Waals surface area contributed by atoms with Crippen molar-refractivity contribution >= 4 is 0 Å². The molecule has 0 spiro atoms. The molecule has 2 heteroatoms. The lowest BCUT2D eigenvalue weighted by Crippen LogP contribution is -1.97. The summed E-state index contributed by atoms with van der Waals surface area (Å²) in [5, 5.41) is 0. The van der Waals surface area contributed by atoms with E-state index in [1.807, 2.05) is 30.3 Å². The van der Waals surface area contributed by atoms with Gasteiger partial charge in [-0.2, -0.15) is 0 Å². The zero-order valence-electron chi connectivity index (χ0n) is 7.23. The van der Waals surface area contributed by atoms with Gasteiger partial charge >= 0.3 is 0 Å². The third-order valence-corrected chi connectivity index (χ3v) is 2.07. The third-order valence-electron chi connectivity index (χ3n) is 2.07. The van der Waals surface area contributed by atoms with Crippen molar-refractivity contribution in [2.45, 2.75) is 6.54 Å². The van der Waals surface area contributed by atoms with Gasteiger partial charge in [0.15, 0.2) is 0 Å². The van der Waals surface area contributed by atoms with E-state index in [-0.39, 0.29) is 0 Å². The fraction of sp³-hybridized carbons (Fsp3) is 0.0909. The van der Waals surface area contributed by atoms with E-state index in [1.165, 1.54) is 0 Å². The molecule has 2 aromatic rings. The summed E-state index contributed by atoms with van der Waals surface area (Å²) in [6.45, 7) is 0.557. The number of nitrogens with two attached hydrogens (primary N) is 1. The Labute approximate surface area is 77.0 Å². The van der Waals surface area contributed by atoms with Gasteiger partial charge in [0.1, 0.15) is 0 Å². The zero-order valence-corrected chi connectivity index (χ0v) is 7.23. The van der Waals surface area contributed by atoms with E-state index in [0.29, 0.717) is 6.54 Å². The van der Waals surface area contributed by atoms with Crippen molar-refractivity contribution in [3.63, 3.8) is 0 Å². The molecule has 2 nitrogen and oxygen atoms in total. The number of furan rings is 1. The quantitative estimate of drug-likeness (QED) is 0.757. The highest BCUT2D eigenvalue weighted by Crippen LogP contribution is 2.23. The number of hydrogen-bond donors (Lipinski definition) is 1. The molecular formula is C11H11NO. The maximum atomic E-state index is 5.63. The molecule has 1 heterocycles. The Bertz CT molecular complexity index is 379. The second-order valence-corrected chi connectivity index (χ2v) is 2.87. The first kappa shape index (κ1) is 8.08. The van der Waals surface area contributed by atoms with Crippen LogP contribution in [0.5, 0.6) is 0 Å². The Morgan fingerprint density at radius 1 is 1.15 bits per heavy atom. The molecule has 0 saturated heterocycles. The largest absolute Gasteiger partial charge is 0.472 e. The normalized spacial score (nSPS) is 10.2. The van der Waals surface area contributed by atoms with Gasteiger partial charge in [0.25, 0.3) is 0 Å². The molecule has 66 valence electrons. The molecule has 0 saturated carbocycles. The average molecular weight is 173 g/mol. The molecule has 0 radical (unpaired) electrons. The van der Waals surface area contributed by atoms with E-state index >= 15 is 0 Å². The van der Waals surface area contributed by atoms with E-state index in [9.17, 15) is 0 Å². The fourth-order valence-electron chi connectivity index (χ4n) is 1.40. The van der Waals surface area contributed by atoms with Gasteiger partial charge in [-0.3, -0.25) is 0 Å². The van der Waals surface area contributed by atoms with Crippen LogP contribution in [0.15, 0.2) is 47.3 Å². The first-order valence-electron chi connectivity index (χ1n) is 4.22. The minimum absolute atomic E-state index is 0.557. The predicted octanol–water partition coefficient (Wildman–Crippen LogP) is 2.41. The first-order valence-corrected chi connectivity index (χ1v) is 4.22. The van der Waals surface area contributed by atoms with Gasteiger partial charge < -0.3 is 10.2 Å². The number of hydrogen-bond acceptors (Lipinski definition) is 2. The Hall–Kier alpha value is -1.54. The van der Waals surface area contributed by atoms with Crippen molar-refractivity contribution in [1.29, 1.82) is 0 Å². The molecular weight excluding hydrogens is 162 g/mol. The highest BCUT2D eigenvalue weighted by Gasteiger charge is 2.02. The first-order chi connectivity index (χ1) is 6.42. The van der Waals surface area contributed by atoms with Gasteiger partial charge in [-0.15, -0.1) is 0 Å². The smallest absolute Gasteiger partial charge is 0.0981 e. The summed E-state index contributed by atoms with van der Waals surface area (Å²) in [7, 11) is 0. The van der Waals surface area contributed by atoms with Crippen LogP contribution >= 0.6 is 0 Å². The summed E-state index contributed by atoms with van der Waals surface area (Å²) < 4.78 is 5.03. The van der Waals surface area contributed by atoms with E-state index in [1.54, 1.807) is 12.5 Å². The third kappa shape index (κ3) is 1.48. The molecule has 0 aliphatic rings. The van der Waals surface area contributed by atoms with Crippen LogP contribution in [0.4, 0.5) is 0 Å². The van der Waals surface area contributed by atoms with Crippen molar-refractivity contribution < 1.29 is 4.42 Å². The van der Waals surface area contributed by atoms with Gasteiger partial charge in [-0.1, -0.05) is 24.3 Å². The molecule has 0 fully saturated rings. The van der Waals surface area contributed by atoms with E-state index in [4.69, 9.17) is 10.2 Å². The fourth-order valence-corrected chi connectivity index (χ4v) is 1.40. The Balaban J connectivity index is 2.51. The standard InChI is InChI=1S/C11H11NO/c12-7-9-3-1-2-4-11(9)10-5-6-13-8-10/h1-6,8H,7,12H2. The van der Waals surface area contributed by atoms with Crippen LogP contribution in [-0.4, -0.2) is 0 Å². The molecule has 1 aromatic carbocycles. The maximum absolute atomic E-state index is 5.63. The maximum Gasteiger partial charge on any atom is 0.0981 e. The van der Waals surface area contributed by atoms with Crippen LogP contribution in [0.1, 0.15) is 5.56 Å². The Morgan fingerprint density at radius 3 is 2.69 bits per heavy atom. The molecule has 0 bridgehead atoms. The lowest BCUT2D eigenvalue weighted by atomic mass is 10.0. The van der Waals surface area contributed by atoms with Crippen LogP contribution < -0.4 is 5.73 Å². The summed E-state index contributed by atoms with van der Waals surface area (Å²) in [5.41, 5.74) is 9.00. The van der Waals surface area contributed by atoms with E-state index in [2.05, 4.69) is 0 Å². The molecule has 2 rings (SSSR count). The predicted molar refractivity (Wildman–Crippen MR) is 52.0 cm³/mol. The van der Waals surface area contributed by atoms with Crippen LogP contribution in [0.2, 0.25) is 0 Å². The van der Waals surface area contributed by atoms with Gasteiger partial charge in [-0.25, -0.2) is 0 Å². The molecule has 0 aliphatic carbocycles. The molecule has 0 unspecified atom stereocenters. The molecule has 13 heavy (non-hydrogen) atoms. The summed E-state index contributed by atoms with van der Waals surface area (Å²) in [6, 6.07) is 10.0. The minimum atomic E-state index is 0.557. The minimum Gasteiger partial charge on any atom is -0.472 e. The van der Waals surface area contributed by atoms with Crippen LogP contribution in [-0.2, 0) is 6.54 Å². The van der Waals surface area contributed by atoms with Crippen molar-refractivity contribution in [1.82, 2.24) is 0 Å². The van der Waals surface area contributed by atoms with Crippen molar-refractivity contribution in [2.75, 3.05) is 0 Å². The molecule has 0 amide bonds. The van der Waals surface area contributed by atoms with Gasteiger partial charge in [-0.05, 0) is 17.2 Å². The summed E-state index contributed by atoms with van der Waals surface area (Å²) in [6.07, 6.45) is 3.40. The van der Waals surface area contributed by atoms with E-state index < -0.39 is 0 Å². The van der Waals surface area contributed by atoms with Crippen LogP contribution in [0.25, 0.3) is 11.1 Å². The van der Waals surface area contributed by atoms with Crippen molar-refractivity contribution in [3.05, 3.63) is 48.4 Å². The monoisotopic (exact) mass is 173 g/mol. The van der Waals surface area contributed by atoms with Gasteiger partial charge in [0, 0.05) is 12.1 Å². The van der Waals surface area contributed by atoms with Crippen molar-refractivity contribution in [3.8, 4) is 11.1 Å². The van der Waals surface area contributed by atoms with Gasteiger partial charge in [0.2, 0.25) is 0 Å². The zero-order chi connectivity index (χ0) is 9.10. The number of rotatable bonds is 2. The Kier molecular flexibility index (Phi) is 2.15. The number of benzene rings is 1. The lowest BCUT2D eigenvalue weighted by molar-refractivity contribution is 0.568. The van der Waals surface area contributed by atoms with Crippen molar-refractivity contribution in [2.24, 2.45) is 5.73 Å². The lowest BCUT2D eigenvalue weighted by Gasteiger charge is -2.03. The summed E-state index contributed by atoms with van der Waals surface area (Å²) in [5.74, 6) is 0. The molecule has 0 aliphatic heterocycles. The SMILES string of the molecule is NCc1ccccc1-c1ccoc1. The average Bonchev–Trinajstić information content (AvgIpc) is 2.70. The van der Waals surface area contributed by atoms with Crippen LogP contribution in [0.3, 0.4) is 0 Å².